The predicted octanol–water partition coefficient (Wildman–Crippen LogP) is 0.226. The summed E-state index contributed by atoms with van der Waals surface area (Å²) in [6, 6.07) is 0.963. The minimum Gasteiger partial charge on any atom is -0.480 e. The minimum atomic E-state index is -4.64. The molecule has 1 atom stereocenters. The number of nitrogens with one attached hydrogen (secondary N) is 1. The Bertz CT molecular complexity index is 931. The zero-order valence-electron chi connectivity index (χ0n) is 15.6. The van der Waals surface area contributed by atoms with Crippen molar-refractivity contribution >= 4 is 22.1 Å². The Labute approximate surface area is 173 Å². The van der Waals surface area contributed by atoms with E-state index in [-0.39, 0.29) is 6.54 Å². The molecule has 172 valence electrons. The Hall–Kier alpha value is -3.08. The van der Waals surface area contributed by atoms with Crippen LogP contribution in [-0.4, -0.2) is 70.9 Å². The molecule has 12 nitrogen and oxygen atoms in total. The summed E-state index contributed by atoms with van der Waals surface area (Å²) in [6.07, 6.45) is -3.00. The van der Waals surface area contributed by atoms with E-state index < -0.39 is 57.9 Å². The van der Waals surface area contributed by atoms with Crippen LogP contribution >= 0.6 is 0 Å². The highest BCUT2D eigenvalue weighted by molar-refractivity contribution is 7.89. The molecule has 0 spiro atoms. The third-order valence-electron chi connectivity index (χ3n) is 4.12. The topological polar surface area (TPSA) is 166 Å². The van der Waals surface area contributed by atoms with Gasteiger partial charge in [0.25, 0.3) is 0 Å². The molecular formula is C15H18F3N5O7S. The number of aliphatic carboxylic acids is 1. The number of hydrazine groups is 2. The number of rotatable bonds is 3. The molecule has 1 aromatic rings. The minimum absolute atomic E-state index is 0.251. The van der Waals surface area contributed by atoms with Gasteiger partial charge in [0, 0.05) is 18.4 Å². The number of nitrogens with two attached hydrogens (primary N) is 1. The van der Waals surface area contributed by atoms with Crippen molar-refractivity contribution in [2.75, 3.05) is 19.6 Å². The lowest BCUT2D eigenvalue weighted by Crippen LogP contribution is -2.59. The number of amides is 1. The second-order valence-corrected chi connectivity index (χ2v) is 7.97. The maximum absolute atomic E-state index is 12.6. The maximum atomic E-state index is 12.6. The van der Waals surface area contributed by atoms with Crippen LogP contribution in [0.4, 0.5) is 18.0 Å². The van der Waals surface area contributed by atoms with E-state index in [0.29, 0.717) is 16.4 Å². The summed E-state index contributed by atoms with van der Waals surface area (Å²) in [5.74, 6) is 3.42. The number of halogens is 3. The Morgan fingerprint density at radius 2 is 1.77 bits per heavy atom. The average molecular weight is 469 g/mol. The number of alkyl halides is 3. The van der Waals surface area contributed by atoms with Crippen LogP contribution in [0.1, 0.15) is 5.56 Å². The van der Waals surface area contributed by atoms with Crippen molar-refractivity contribution in [1.82, 2.24) is 19.9 Å². The molecule has 31 heavy (non-hydrogen) atoms. The van der Waals surface area contributed by atoms with Gasteiger partial charge in [0.2, 0.25) is 10.0 Å². The van der Waals surface area contributed by atoms with Gasteiger partial charge in [0.1, 0.15) is 12.3 Å². The Balaban J connectivity index is 0.000000488. The first-order valence-electron chi connectivity index (χ1n) is 8.36. The molecule has 1 amide bonds. The molecule has 0 unspecified atom stereocenters. The Morgan fingerprint density at radius 1 is 1.16 bits per heavy atom. The van der Waals surface area contributed by atoms with E-state index >= 15 is 0 Å². The second kappa shape index (κ2) is 9.38. The molecule has 16 heteroatoms. The number of sulfonamides is 1. The van der Waals surface area contributed by atoms with Crippen molar-refractivity contribution in [3.8, 4) is 0 Å². The fourth-order valence-electron chi connectivity index (χ4n) is 2.61. The quantitative estimate of drug-likeness (QED) is 0.450. The fourth-order valence-corrected chi connectivity index (χ4v) is 4.18. The smallest absolute Gasteiger partial charge is 0.416 e. The number of hydrogen-bond acceptors (Lipinski definition) is 8. The first-order chi connectivity index (χ1) is 14.3. The van der Waals surface area contributed by atoms with Crippen LogP contribution in [0, 0.1) is 0 Å². The average Bonchev–Trinajstić information content (AvgIpc) is 3.18. The molecule has 2 aliphatic rings. The van der Waals surface area contributed by atoms with E-state index in [1.807, 2.05) is 0 Å². The third kappa shape index (κ3) is 5.97. The molecule has 0 saturated carbocycles. The zero-order chi connectivity index (χ0) is 23.4. The molecule has 0 radical (unpaired) electrons. The number of benzene rings is 1. The molecule has 5 N–H and O–H groups in total. The Kier molecular flexibility index (Phi) is 7.32. The molecule has 0 bridgehead atoms. The zero-order valence-corrected chi connectivity index (χ0v) is 16.4. The van der Waals surface area contributed by atoms with Gasteiger partial charge in [0.05, 0.1) is 23.2 Å². The van der Waals surface area contributed by atoms with Crippen molar-refractivity contribution in [2.45, 2.75) is 17.1 Å². The number of carbonyl (C=O) groups is 2. The fraction of sp³-hybridized carbons (Fsp3) is 0.333. The number of carboxylic acid groups (broad SMARTS) is 2. The van der Waals surface area contributed by atoms with E-state index in [4.69, 9.17) is 10.9 Å². The standard InChI is InChI=1S/C13H13F3N2O6S.C2H5N3O/c14-13(15,16)8-1-3-9(4-2-8)25(23,24)18-6-5-17(12(21)22)7-10(18)11(19)20;3-5-4-1-2-6-5/h1-4,10H,5-7H2,(H,19,20)(H,21,22);1-2,4H,3H2/t10-;/m1./s1. The van der Waals surface area contributed by atoms with Crippen LogP contribution in [0.5, 0.6) is 0 Å². The van der Waals surface area contributed by atoms with E-state index in [0.717, 1.165) is 22.3 Å². The molecule has 1 fully saturated rings. The van der Waals surface area contributed by atoms with Gasteiger partial charge in [-0.25, -0.2) is 19.1 Å². The van der Waals surface area contributed by atoms with E-state index in [2.05, 4.69) is 10.3 Å². The van der Waals surface area contributed by atoms with Gasteiger partial charge in [-0.2, -0.15) is 17.5 Å². The summed E-state index contributed by atoms with van der Waals surface area (Å²) in [6.45, 7) is -1.25. The number of carboxylic acids is 1. The molecule has 2 heterocycles. The summed E-state index contributed by atoms with van der Waals surface area (Å²) in [4.78, 5) is 27.0. The Morgan fingerprint density at radius 3 is 2.16 bits per heavy atom. The summed E-state index contributed by atoms with van der Waals surface area (Å²) < 4.78 is 63.4. The molecule has 3 rings (SSSR count). The van der Waals surface area contributed by atoms with Gasteiger partial charge in [-0.05, 0) is 24.3 Å². The SMILES string of the molecule is NN1NC=CO1.O=C(O)[C@H]1CN(C(=O)O)CCN1S(=O)(=O)c1ccc(C(F)(F)F)cc1. The number of nitrogens with zero attached hydrogens (tertiary/aromatic N) is 3. The lowest BCUT2D eigenvalue weighted by molar-refractivity contribution is -0.143. The molecule has 2 aliphatic heterocycles. The largest absolute Gasteiger partial charge is 0.480 e. The van der Waals surface area contributed by atoms with Gasteiger partial charge in [-0.15, -0.1) is 0 Å². The normalized spacial score (nSPS) is 19.7. The highest BCUT2D eigenvalue weighted by atomic mass is 32.2. The van der Waals surface area contributed by atoms with Crippen LogP contribution in [0.3, 0.4) is 0 Å². The molecule has 0 aliphatic carbocycles. The van der Waals surface area contributed by atoms with Crippen LogP contribution in [0.15, 0.2) is 41.6 Å². The van der Waals surface area contributed by atoms with Gasteiger partial charge in [-0.3, -0.25) is 10.2 Å². The third-order valence-corrected chi connectivity index (χ3v) is 6.04. The van der Waals surface area contributed by atoms with Gasteiger partial charge in [0.15, 0.2) is 0 Å². The van der Waals surface area contributed by atoms with Crippen LogP contribution < -0.4 is 11.3 Å². The predicted molar refractivity (Wildman–Crippen MR) is 95.7 cm³/mol. The van der Waals surface area contributed by atoms with Gasteiger partial charge >= 0.3 is 18.2 Å². The molecular weight excluding hydrogens is 451 g/mol. The highest BCUT2D eigenvalue weighted by Gasteiger charge is 2.41. The van der Waals surface area contributed by atoms with Crippen molar-refractivity contribution in [1.29, 1.82) is 0 Å². The monoisotopic (exact) mass is 469 g/mol. The van der Waals surface area contributed by atoms with E-state index in [1.54, 1.807) is 6.20 Å². The van der Waals surface area contributed by atoms with E-state index in [9.17, 15) is 36.3 Å². The molecule has 1 aromatic carbocycles. The summed E-state index contributed by atoms with van der Waals surface area (Å²) in [5.41, 5.74) is 1.48. The van der Waals surface area contributed by atoms with Crippen molar-refractivity contribution < 1.29 is 46.2 Å². The van der Waals surface area contributed by atoms with Gasteiger partial charge in [-0.1, -0.05) is 0 Å². The van der Waals surface area contributed by atoms with Crippen molar-refractivity contribution in [3.63, 3.8) is 0 Å². The molecule has 1 saturated heterocycles. The lowest BCUT2D eigenvalue weighted by Gasteiger charge is -2.37. The summed E-state index contributed by atoms with van der Waals surface area (Å²) in [7, 11) is -4.40. The number of piperazine rings is 1. The first-order valence-corrected chi connectivity index (χ1v) is 9.80. The van der Waals surface area contributed by atoms with Crippen molar-refractivity contribution in [3.05, 3.63) is 42.3 Å². The summed E-state index contributed by atoms with van der Waals surface area (Å²) >= 11 is 0. The second-order valence-electron chi connectivity index (χ2n) is 6.08. The first kappa shape index (κ1) is 24.2. The van der Waals surface area contributed by atoms with E-state index in [1.165, 1.54) is 6.26 Å². The van der Waals surface area contributed by atoms with Gasteiger partial charge < -0.3 is 20.0 Å². The van der Waals surface area contributed by atoms with Crippen LogP contribution in [-0.2, 0) is 25.8 Å². The van der Waals surface area contributed by atoms with Crippen LogP contribution in [0.25, 0.3) is 0 Å². The molecule has 0 aromatic heterocycles. The highest BCUT2D eigenvalue weighted by Crippen LogP contribution is 2.30. The lowest BCUT2D eigenvalue weighted by atomic mass is 10.2. The summed E-state index contributed by atoms with van der Waals surface area (Å²) in [5, 5.41) is 19.1. The van der Waals surface area contributed by atoms with Crippen LogP contribution in [0.2, 0.25) is 0 Å². The maximum Gasteiger partial charge on any atom is 0.416 e. The van der Waals surface area contributed by atoms with Crippen molar-refractivity contribution in [2.24, 2.45) is 5.84 Å². The number of hydrogen-bond donors (Lipinski definition) is 4.